The van der Waals surface area contributed by atoms with Gasteiger partial charge in [-0.1, -0.05) is 121 Å². The first-order chi connectivity index (χ1) is 35.4. The lowest BCUT2D eigenvalue weighted by atomic mass is 9.72. The second-order valence-corrected chi connectivity index (χ2v) is 22.2. The van der Waals surface area contributed by atoms with Crippen LogP contribution < -0.4 is 0 Å². The molecular formula is C60H90N2O14. The van der Waals surface area contributed by atoms with Crippen molar-refractivity contribution in [1.29, 1.82) is 0 Å². The van der Waals surface area contributed by atoms with E-state index in [4.69, 9.17) is 4.74 Å². The summed E-state index contributed by atoms with van der Waals surface area (Å²) in [5.74, 6) is 0.457. The van der Waals surface area contributed by atoms with E-state index in [0.717, 1.165) is 86.5 Å². The Morgan fingerprint density at radius 2 is 1.09 bits per heavy atom. The zero-order valence-electron chi connectivity index (χ0n) is 47.1. The van der Waals surface area contributed by atoms with E-state index < -0.39 is 21.4 Å². The van der Waals surface area contributed by atoms with Crippen molar-refractivity contribution >= 4 is 5.97 Å². The summed E-state index contributed by atoms with van der Waals surface area (Å²) in [4.78, 5) is 40.1. The standard InChI is InChI=1S/C25H35NO7.C13H19NO5.2C11H18O/c1-16(2)20-9-8-18(15-32-17(3)27)12-21(20)24-22(28)13-19(14-23(24)29)25(4,5)10-6-7-11-33-26(30)31;1-13(2,5-3-4-6-19-14(17)18)10-7-11(15)9-12(16)8-10;2*1-4-11(12)7-5-10(6-8-11)9(2)3/h12-14,20-21,28-29H,1,6-11,15H2,2-5H3;7-9,15-16H,3-6H2,1-2H3;2*5,7,10,12H,2,4,6,8H2,1,3H3/t20-,21+;;10-,11+;10-,11-/m1.11/s1. The lowest BCUT2D eigenvalue weighted by Gasteiger charge is -2.33. The van der Waals surface area contributed by atoms with Crippen molar-refractivity contribution in [2.45, 2.75) is 187 Å². The maximum atomic E-state index is 11.2. The molecule has 0 aliphatic heterocycles. The SMILES string of the molecule is C=C(C)[C@@H]1C=C[C@@](O)(CC)CC1.C=C(C)[C@@H]1C=C[C@](O)(CC)CC1.C=C(C)[C@H]1CCC(COC(C)=O)=C[C@@H]1c1c(O)cc(C(C)(C)CCCCO[N+](=O)[O-])cc1O.CC(C)(CCCCO[N+](=O)[O-])c1cc(O)cc(O)c1. The van der Waals surface area contributed by atoms with Gasteiger partial charge in [0, 0.05) is 24.5 Å². The Morgan fingerprint density at radius 1 is 0.671 bits per heavy atom. The van der Waals surface area contributed by atoms with Gasteiger partial charge in [-0.15, -0.1) is 20.2 Å². The third kappa shape index (κ3) is 22.6. The number of hydrogen-bond donors (Lipinski definition) is 6. The van der Waals surface area contributed by atoms with E-state index in [1.54, 1.807) is 24.3 Å². The molecule has 0 bridgehead atoms. The Hall–Kier alpha value is -6.13. The Labute approximate surface area is 451 Å². The predicted molar refractivity (Wildman–Crippen MR) is 298 cm³/mol. The van der Waals surface area contributed by atoms with Crippen molar-refractivity contribution in [1.82, 2.24) is 0 Å². The molecule has 3 aliphatic rings. The third-order valence-corrected chi connectivity index (χ3v) is 15.0. The van der Waals surface area contributed by atoms with Gasteiger partial charge in [-0.05, 0) is 167 Å². The minimum atomic E-state index is -0.796. The Balaban J connectivity index is 0.000000385. The molecule has 0 radical (unpaired) electrons. The number of ether oxygens (including phenoxy) is 1. The molecule has 424 valence electrons. The molecule has 0 spiro atoms. The highest BCUT2D eigenvalue weighted by Crippen LogP contribution is 2.48. The summed E-state index contributed by atoms with van der Waals surface area (Å²) in [6, 6.07) is 7.89. The Kier molecular flexibility index (Phi) is 26.5. The van der Waals surface area contributed by atoms with Gasteiger partial charge in [0.25, 0.3) is 10.2 Å². The number of phenolic OH excluding ortho intramolecular Hbond substituents is 4. The molecular weight excluding hydrogens is 973 g/mol. The summed E-state index contributed by atoms with van der Waals surface area (Å²) < 4.78 is 5.15. The van der Waals surface area contributed by atoms with E-state index >= 15 is 0 Å². The quantitative estimate of drug-likeness (QED) is 0.0211. The number of carbonyl (C=O) groups is 1. The van der Waals surface area contributed by atoms with E-state index in [2.05, 4.69) is 41.6 Å². The highest BCUT2D eigenvalue weighted by molar-refractivity contribution is 5.66. The maximum Gasteiger partial charge on any atom is 0.302 e. The lowest BCUT2D eigenvalue weighted by molar-refractivity contribution is -0.757. The zero-order valence-corrected chi connectivity index (χ0v) is 47.1. The van der Waals surface area contributed by atoms with E-state index in [1.807, 2.05) is 80.5 Å². The number of aromatic hydroxyl groups is 4. The Morgan fingerprint density at radius 3 is 1.43 bits per heavy atom. The first-order valence-corrected chi connectivity index (χ1v) is 26.6. The fourth-order valence-electron chi connectivity index (χ4n) is 9.54. The van der Waals surface area contributed by atoms with E-state index in [0.29, 0.717) is 43.1 Å². The van der Waals surface area contributed by atoms with Gasteiger partial charge in [0.1, 0.15) is 29.6 Å². The van der Waals surface area contributed by atoms with Gasteiger partial charge in [0.15, 0.2) is 0 Å². The molecule has 0 saturated carbocycles. The van der Waals surface area contributed by atoms with Crippen LogP contribution in [-0.2, 0) is 30.0 Å². The van der Waals surface area contributed by atoms with Gasteiger partial charge in [-0.25, -0.2) is 0 Å². The first kappa shape index (κ1) is 66.0. The molecule has 2 aromatic rings. The van der Waals surface area contributed by atoms with E-state index in [1.165, 1.54) is 24.1 Å². The largest absolute Gasteiger partial charge is 0.508 e. The molecule has 0 amide bonds. The van der Waals surface area contributed by atoms with Crippen LogP contribution in [0.25, 0.3) is 0 Å². The number of esters is 1. The fourth-order valence-corrected chi connectivity index (χ4v) is 9.54. The topological polar surface area (TPSA) is 252 Å². The highest BCUT2D eigenvalue weighted by Gasteiger charge is 2.33. The number of nitrogens with zero attached hydrogens (tertiary/aromatic N) is 2. The molecule has 76 heavy (non-hydrogen) atoms. The van der Waals surface area contributed by atoms with Crippen molar-refractivity contribution in [2.75, 3.05) is 19.8 Å². The van der Waals surface area contributed by atoms with Gasteiger partial charge in [0.05, 0.1) is 24.4 Å². The van der Waals surface area contributed by atoms with Crippen molar-refractivity contribution in [3.63, 3.8) is 0 Å². The molecule has 0 aromatic heterocycles. The van der Waals surface area contributed by atoms with Crippen LogP contribution in [-0.4, -0.2) is 77.8 Å². The number of phenols is 4. The van der Waals surface area contributed by atoms with Crippen LogP contribution in [0.4, 0.5) is 0 Å². The highest BCUT2D eigenvalue weighted by atomic mass is 17.0. The molecule has 0 heterocycles. The summed E-state index contributed by atoms with van der Waals surface area (Å²) in [6.45, 7) is 31.7. The van der Waals surface area contributed by atoms with Crippen molar-refractivity contribution in [3.8, 4) is 23.0 Å². The molecule has 16 nitrogen and oxygen atoms in total. The van der Waals surface area contributed by atoms with E-state index in [-0.39, 0.29) is 71.5 Å². The molecule has 16 heteroatoms. The minimum Gasteiger partial charge on any atom is -0.508 e. The summed E-state index contributed by atoms with van der Waals surface area (Å²) in [7, 11) is 0. The van der Waals surface area contributed by atoms with Gasteiger partial charge in [-0.2, -0.15) is 0 Å². The van der Waals surface area contributed by atoms with Gasteiger partial charge >= 0.3 is 5.97 Å². The van der Waals surface area contributed by atoms with Crippen molar-refractivity contribution < 1.29 is 60.0 Å². The summed E-state index contributed by atoms with van der Waals surface area (Å²) in [6.07, 6.45) is 21.1. The van der Waals surface area contributed by atoms with Crippen LogP contribution in [0.3, 0.4) is 0 Å². The molecule has 0 saturated heterocycles. The smallest absolute Gasteiger partial charge is 0.302 e. The molecule has 0 unspecified atom stereocenters. The normalized spacial score (nSPS) is 21.9. The van der Waals surface area contributed by atoms with Crippen LogP contribution >= 0.6 is 0 Å². The van der Waals surface area contributed by atoms with Gasteiger partial charge in [-0.3, -0.25) is 4.79 Å². The molecule has 0 fully saturated rings. The number of unbranched alkanes of at least 4 members (excludes halogenated alkanes) is 2. The van der Waals surface area contributed by atoms with Gasteiger partial charge < -0.3 is 45.1 Å². The predicted octanol–water partition coefficient (Wildman–Crippen LogP) is 13.4. The molecule has 2 aromatic carbocycles. The van der Waals surface area contributed by atoms with Crippen molar-refractivity contribution in [2.24, 2.45) is 17.8 Å². The second kappa shape index (κ2) is 30.6. The third-order valence-electron chi connectivity index (χ3n) is 15.0. The second-order valence-electron chi connectivity index (χ2n) is 22.2. The summed E-state index contributed by atoms with van der Waals surface area (Å²) >= 11 is 0. The number of rotatable bonds is 22. The molecule has 5 rings (SSSR count). The average molecular weight is 1060 g/mol. The number of hydrogen-bond acceptors (Lipinski definition) is 14. The van der Waals surface area contributed by atoms with Crippen LogP contribution in [0.15, 0.2) is 103 Å². The molecule has 6 N–H and O–H groups in total. The monoisotopic (exact) mass is 1060 g/mol. The minimum absolute atomic E-state index is 0.0102. The average Bonchev–Trinajstić information content (AvgIpc) is 3.33. The van der Waals surface area contributed by atoms with Crippen molar-refractivity contribution in [3.05, 3.63) is 140 Å². The number of aliphatic hydroxyl groups is 2. The zero-order chi connectivity index (χ0) is 57.6. The lowest BCUT2D eigenvalue weighted by Crippen LogP contribution is -2.28. The van der Waals surface area contributed by atoms with Gasteiger partial charge in [0.2, 0.25) is 0 Å². The fraction of sp³-hybridized carbons (Fsp3) is 0.583. The first-order valence-electron chi connectivity index (χ1n) is 26.6. The number of carbonyl (C=O) groups excluding carboxylic acids is 1. The van der Waals surface area contributed by atoms with E-state index in [9.17, 15) is 55.7 Å². The van der Waals surface area contributed by atoms with Crippen LogP contribution in [0.5, 0.6) is 23.0 Å². The maximum absolute atomic E-state index is 11.2. The summed E-state index contributed by atoms with van der Waals surface area (Å²) in [5, 5.41) is 79.3. The van der Waals surface area contributed by atoms with Crippen LogP contribution in [0.2, 0.25) is 0 Å². The van der Waals surface area contributed by atoms with Crippen LogP contribution in [0, 0.1) is 38.0 Å². The number of allylic oxidation sites excluding steroid dienone is 6. The van der Waals surface area contributed by atoms with Crippen LogP contribution in [0.1, 0.15) is 182 Å². The molecule has 6 atom stereocenters. The Bertz CT molecular complexity index is 2280. The summed E-state index contributed by atoms with van der Waals surface area (Å²) in [5.41, 5.74) is 4.71. The molecule has 3 aliphatic carbocycles. The number of benzene rings is 2.